The Labute approximate surface area is 194 Å². The van der Waals surface area contributed by atoms with E-state index in [1.54, 1.807) is 25.1 Å². The van der Waals surface area contributed by atoms with Gasteiger partial charge in [-0.1, -0.05) is 0 Å². The first-order chi connectivity index (χ1) is 16.0. The number of ether oxygens (including phenoxy) is 1. The lowest BCUT2D eigenvalue weighted by Gasteiger charge is -2.20. The van der Waals surface area contributed by atoms with Crippen molar-refractivity contribution in [1.29, 1.82) is 5.26 Å². The quantitative estimate of drug-likeness (QED) is 0.384. The van der Waals surface area contributed by atoms with Gasteiger partial charge in [0.05, 0.1) is 16.7 Å². The minimum Gasteiger partial charge on any atom is -0.454 e. The van der Waals surface area contributed by atoms with Gasteiger partial charge in [0.2, 0.25) is 0 Å². The zero-order valence-corrected chi connectivity index (χ0v) is 19.2. The van der Waals surface area contributed by atoms with E-state index in [-0.39, 0.29) is 27.8 Å². The van der Waals surface area contributed by atoms with Gasteiger partial charge in [-0.05, 0) is 68.8 Å². The molecule has 0 bridgehead atoms. The summed E-state index contributed by atoms with van der Waals surface area (Å²) >= 11 is 0. The van der Waals surface area contributed by atoms with E-state index in [1.165, 1.54) is 38.2 Å². The molecule has 0 fully saturated rings. The predicted octanol–water partition coefficient (Wildman–Crippen LogP) is 5.35. The van der Waals surface area contributed by atoms with Crippen LogP contribution in [-0.2, 0) is 9.84 Å². The summed E-state index contributed by atoms with van der Waals surface area (Å²) in [4.78, 5) is 3.99. The van der Waals surface area contributed by atoms with Crippen LogP contribution >= 0.6 is 0 Å². The smallest absolute Gasteiger partial charge is 0.196 e. The van der Waals surface area contributed by atoms with Crippen LogP contribution in [0.15, 0.2) is 59.6 Å². The van der Waals surface area contributed by atoms with Gasteiger partial charge in [-0.15, -0.1) is 0 Å². The molecule has 2 aromatic rings. The average Bonchev–Trinajstić information content (AvgIpc) is 3.28. The molecule has 2 aliphatic rings. The largest absolute Gasteiger partial charge is 0.454 e. The molecule has 0 saturated heterocycles. The number of benzene rings is 2. The van der Waals surface area contributed by atoms with Crippen molar-refractivity contribution in [3.63, 3.8) is 0 Å². The van der Waals surface area contributed by atoms with Crippen molar-refractivity contribution in [2.75, 3.05) is 0 Å². The number of aryl methyl sites for hydroxylation is 1. The summed E-state index contributed by atoms with van der Waals surface area (Å²) in [5, 5.41) is 19.7. The Kier molecular flexibility index (Phi) is 5.53. The molecule has 0 aromatic heterocycles. The Morgan fingerprint density at radius 1 is 1.03 bits per heavy atom. The number of aromatic nitrogens is 2. The molecule has 2 heterocycles. The molecule has 0 radical (unpaired) electrons. The molecule has 7 nitrogen and oxygen atoms in total. The number of pyridine rings is 1. The van der Waals surface area contributed by atoms with E-state index in [0.717, 1.165) is 16.9 Å². The van der Waals surface area contributed by atoms with Crippen molar-refractivity contribution in [2.45, 2.75) is 30.4 Å². The highest BCUT2D eigenvalue weighted by Gasteiger charge is 2.36. The van der Waals surface area contributed by atoms with E-state index in [4.69, 9.17) is 4.74 Å². The molecule has 0 aliphatic carbocycles. The van der Waals surface area contributed by atoms with Crippen LogP contribution in [0.5, 0.6) is 11.5 Å². The maximum Gasteiger partial charge on any atom is 0.196 e. The average molecular weight is 483 g/mol. The zero-order chi connectivity index (χ0) is 24.8. The highest BCUT2D eigenvalue weighted by atomic mass is 32.2. The SMILES string of the molecule is Cc1cc(-c2cc(S(=O)(=O)C(C)(C)C#N)ccc2Oc2ccc(F)cc2F)c2ccnc-2n1O. The number of sulfone groups is 1. The molecule has 0 unspecified atom stereocenters. The van der Waals surface area contributed by atoms with Gasteiger partial charge in [-0.25, -0.2) is 22.2 Å². The molecule has 2 aromatic carbocycles. The Bertz CT molecular complexity index is 1540. The number of rotatable bonds is 5. The number of nitriles is 1. The summed E-state index contributed by atoms with van der Waals surface area (Å²) in [6.45, 7) is 4.21. The van der Waals surface area contributed by atoms with E-state index < -0.39 is 26.2 Å². The van der Waals surface area contributed by atoms with Crippen molar-refractivity contribution in [2.24, 2.45) is 0 Å². The molecular weight excluding hydrogens is 464 g/mol. The van der Waals surface area contributed by atoms with Crippen molar-refractivity contribution in [1.82, 2.24) is 9.71 Å². The van der Waals surface area contributed by atoms with Crippen molar-refractivity contribution >= 4 is 9.84 Å². The molecule has 34 heavy (non-hydrogen) atoms. The van der Waals surface area contributed by atoms with E-state index in [0.29, 0.717) is 22.9 Å². The van der Waals surface area contributed by atoms with E-state index >= 15 is 0 Å². The predicted molar refractivity (Wildman–Crippen MR) is 120 cm³/mol. The second kappa shape index (κ2) is 8.11. The highest BCUT2D eigenvalue weighted by molar-refractivity contribution is 7.93. The first-order valence-corrected chi connectivity index (χ1v) is 11.5. The number of hydrogen-bond acceptors (Lipinski definition) is 6. The summed E-state index contributed by atoms with van der Waals surface area (Å²) in [6, 6.07) is 11.8. The van der Waals surface area contributed by atoms with E-state index in [1.807, 2.05) is 0 Å². The molecule has 2 aliphatic heterocycles. The summed E-state index contributed by atoms with van der Waals surface area (Å²) in [5.41, 5.74) is 1.58. The van der Waals surface area contributed by atoms with Crippen LogP contribution in [0.3, 0.4) is 0 Å². The summed E-state index contributed by atoms with van der Waals surface area (Å²) in [5.74, 6) is -1.68. The lowest BCUT2D eigenvalue weighted by Crippen LogP contribution is -2.30. The van der Waals surface area contributed by atoms with Crippen LogP contribution in [0.25, 0.3) is 22.5 Å². The number of halogens is 2. The minimum absolute atomic E-state index is 0.0804. The van der Waals surface area contributed by atoms with Crippen LogP contribution in [0.4, 0.5) is 8.78 Å². The van der Waals surface area contributed by atoms with E-state index in [9.17, 15) is 27.7 Å². The Morgan fingerprint density at radius 3 is 2.41 bits per heavy atom. The van der Waals surface area contributed by atoms with E-state index in [2.05, 4.69) is 4.98 Å². The first-order valence-electron chi connectivity index (χ1n) is 10.1. The summed E-state index contributed by atoms with van der Waals surface area (Å²) in [6.07, 6.45) is 1.47. The molecule has 4 rings (SSSR count). The van der Waals surface area contributed by atoms with Crippen molar-refractivity contribution < 1.29 is 27.1 Å². The van der Waals surface area contributed by atoms with Gasteiger partial charge in [-0.2, -0.15) is 9.99 Å². The Morgan fingerprint density at radius 2 is 1.74 bits per heavy atom. The van der Waals surface area contributed by atoms with Gasteiger partial charge in [0.25, 0.3) is 0 Å². The number of fused-ring (bicyclic) bond motifs is 1. The summed E-state index contributed by atoms with van der Waals surface area (Å²) in [7, 11) is -4.09. The molecule has 0 atom stereocenters. The van der Waals surface area contributed by atoms with Crippen LogP contribution in [0.2, 0.25) is 0 Å². The third-order valence-electron chi connectivity index (χ3n) is 5.46. The Hall–Kier alpha value is -3.97. The van der Waals surface area contributed by atoms with Crippen molar-refractivity contribution in [3.05, 3.63) is 72.1 Å². The third kappa shape index (κ3) is 3.74. The van der Waals surface area contributed by atoms with Crippen LogP contribution in [0.1, 0.15) is 19.5 Å². The fourth-order valence-corrected chi connectivity index (χ4v) is 4.68. The van der Waals surface area contributed by atoms with Crippen LogP contribution < -0.4 is 4.74 Å². The molecule has 174 valence electrons. The standard InChI is InChI=1S/C24H19F2N3O4S/c1-14-10-18(17-8-9-28-23(17)29(14)30)19-12-16(34(31,32)24(2,3)13-27)5-7-21(19)33-22-6-4-15(25)11-20(22)26/h4-12,30H,1-3H3. The topological polar surface area (TPSA) is 105 Å². The fourth-order valence-electron chi connectivity index (χ4n) is 3.45. The third-order valence-corrected chi connectivity index (χ3v) is 7.77. The normalized spacial score (nSPS) is 12.0. The maximum absolute atomic E-state index is 14.3. The van der Waals surface area contributed by atoms with Gasteiger partial charge >= 0.3 is 0 Å². The fraction of sp³-hybridized carbons (Fsp3) is 0.167. The maximum atomic E-state index is 14.3. The highest BCUT2D eigenvalue weighted by Crippen LogP contribution is 2.42. The van der Waals surface area contributed by atoms with Crippen LogP contribution in [-0.4, -0.2) is 28.1 Å². The number of nitrogens with zero attached hydrogens (tertiary/aromatic N) is 3. The molecule has 10 heteroatoms. The minimum atomic E-state index is -4.09. The second-order valence-corrected chi connectivity index (χ2v) is 10.7. The second-order valence-electron chi connectivity index (χ2n) is 8.15. The molecule has 1 N–H and O–H groups in total. The molecular formula is C24H19F2N3O4S. The molecule has 0 spiro atoms. The van der Waals surface area contributed by atoms with Gasteiger partial charge in [0.15, 0.2) is 32.0 Å². The lowest BCUT2D eigenvalue weighted by molar-refractivity contribution is 0.180. The lowest BCUT2D eigenvalue weighted by atomic mass is 9.98. The number of hydrogen-bond donors (Lipinski definition) is 1. The van der Waals surface area contributed by atoms with Gasteiger partial charge in [-0.3, -0.25) is 0 Å². The summed E-state index contributed by atoms with van der Waals surface area (Å²) < 4.78 is 58.9. The van der Waals surface area contributed by atoms with Gasteiger partial charge < -0.3 is 9.94 Å². The first kappa shape index (κ1) is 23.2. The van der Waals surface area contributed by atoms with Crippen LogP contribution in [0, 0.1) is 29.9 Å². The monoisotopic (exact) mass is 483 g/mol. The van der Waals surface area contributed by atoms with Gasteiger partial charge in [0.1, 0.15) is 11.6 Å². The Balaban J connectivity index is 1.98. The zero-order valence-electron chi connectivity index (χ0n) is 18.4. The van der Waals surface area contributed by atoms with Gasteiger partial charge in [0, 0.05) is 23.4 Å². The van der Waals surface area contributed by atoms with Crippen molar-refractivity contribution in [3.8, 4) is 40.1 Å². The molecule has 0 amide bonds. The molecule has 0 saturated carbocycles.